The zero-order valence-electron chi connectivity index (χ0n) is 22.8. The van der Waals surface area contributed by atoms with E-state index in [1.165, 1.54) is 12.0 Å². The molecule has 3 N–H and O–H groups in total. The van der Waals surface area contributed by atoms with Crippen LogP contribution in [0.15, 0.2) is 41.3 Å². The summed E-state index contributed by atoms with van der Waals surface area (Å²) in [5.41, 5.74) is 0.485. The first-order valence-electron chi connectivity index (χ1n) is 13.5. The Labute approximate surface area is 224 Å². The molecule has 1 fully saturated rings. The first-order chi connectivity index (χ1) is 17.6. The second-order valence-corrected chi connectivity index (χ2v) is 12.3. The summed E-state index contributed by atoms with van der Waals surface area (Å²) in [6, 6.07) is 4.10. The number of aliphatic hydroxyl groups is 2. The van der Waals surface area contributed by atoms with Gasteiger partial charge in [0.15, 0.2) is 6.10 Å². The fraction of sp³-hybridized carbons (Fsp3) is 0.690. The second kappa shape index (κ2) is 11.7. The third-order valence-electron chi connectivity index (χ3n) is 8.71. The zero-order chi connectivity index (χ0) is 26.9. The van der Waals surface area contributed by atoms with Crippen molar-refractivity contribution in [1.29, 1.82) is 0 Å². The summed E-state index contributed by atoms with van der Waals surface area (Å²) >= 11 is 1.71. The van der Waals surface area contributed by atoms with E-state index in [9.17, 15) is 15.0 Å². The van der Waals surface area contributed by atoms with E-state index in [2.05, 4.69) is 48.8 Å². The van der Waals surface area contributed by atoms with Gasteiger partial charge in [-0.1, -0.05) is 38.1 Å². The molecule has 0 aromatic carbocycles. The predicted molar refractivity (Wildman–Crippen MR) is 144 cm³/mol. The van der Waals surface area contributed by atoms with Gasteiger partial charge in [-0.3, -0.25) is 0 Å². The Bertz CT molecular complexity index is 975. The summed E-state index contributed by atoms with van der Waals surface area (Å²) in [4.78, 5) is 14.3. The Morgan fingerprint density at radius 2 is 2.00 bits per heavy atom. The number of ether oxygens (including phenoxy) is 3. The largest absolute Gasteiger partial charge is 0.457 e. The number of fused-ring (bicyclic) bond motifs is 1. The Balaban J connectivity index is 1.70. The fourth-order valence-corrected chi connectivity index (χ4v) is 7.04. The highest BCUT2D eigenvalue weighted by Crippen LogP contribution is 2.53. The van der Waals surface area contributed by atoms with Crippen molar-refractivity contribution in [3.05, 3.63) is 46.2 Å². The summed E-state index contributed by atoms with van der Waals surface area (Å²) in [5.74, 6) is -0.591. The summed E-state index contributed by atoms with van der Waals surface area (Å²) in [5, 5.41) is 26.8. The van der Waals surface area contributed by atoms with Crippen LogP contribution in [-0.4, -0.2) is 65.5 Å². The molecule has 0 saturated carbocycles. The minimum absolute atomic E-state index is 0.0309. The van der Waals surface area contributed by atoms with Crippen LogP contribution in [0.25, 0.3) is 0 Å². The van der Waals surface area contributed by atoms with Gasteiger partial charge in [0.2, 0.25) is 0 Å². The number of nitrogens with one attached hydrogen (secondary N) is 1. The summed E-state index contributed by atoms with van der Waals surface area (Å²) in [7, 11) is 1.52. The van der Waals surface area contributed by atoms with Crippen molar-refractivity contribution in [1.82, 2.24) is 5.32 Å². The van der Waals surface area contributed by atoms with Gasteiger partial charge in [0.05, 0.1) is 23.9 Å². The number of rotatable bonds is 8. The topological polar surface area (TPSA) is 97.2 Å². The molecule has 1 saturated heterocycles. The van der Waals surface area contributed by atoms with Crippen molar-refractivity contribution in [3.8, 4) is 0 Å². The molecule has 11 atom stereocenters. The molecule has 0 amide bonds. The van der Waals surface area contributed by atoms with E-state index < -0.39 is 36.0 Å². The van der Waals surface area contributed by atoms with Gasteiger partial charge in [0.25, 0.3) is 0 Å². The van der Waals surface area contributed by atoms with Crippen molar-refractivity contribution < 1.29 is 29.2 Å². The summed E-state index contributed by atoms with van der Waals surface area (Å²) < 4.78 is 18.5. The van der Waals surface area contributed by atoms with E-state index >= 15 is 0 Å². The smallest absolute Gasteiger partial charge is 0.335 e. The third kappa shape index (κ3) is 5.75. The number of carbonyl (C=O) groups excluding carboxylic acids is 1. The molecule has 4 rings (SSSR count). The molecule has 1 aromatic rings. The lowest BCUT2D eigenvalue weighted by Gasteiger charge is -2.42. The van der Waals surface area contributed by atoms with Crippen LogP contribution < -0.4 is 5.32 Å². The van der Waals surface area contributed by atoms with Crippen molar-refractivity contribution in [2.45, 2.75) is 96.2 Å². The Hall–Kier alpha value is -1.55. The lowest BCUT2D eigenvalue weighted by molar-refractivity contribution is -0.171. The maximum Gasteiger partial charge on any atom is 0.335 e. The van der Waals surface area contributed by atoms with E-state index in [0.717, 1.165) is 12.0 Å². The highest BCUT2D eigenvalue weighted by atomic mass is 32.1. The number of hydrogen-bond donors (Lipinski definition) is 3. The van der Waals surface area contributed by atoms with Crippen LogP contribution in [0, 0.1) is 23.7 Å². The monoisotopic (exact) mass is 533 g/mol. The number of aliphatic hydroxyl groups excluding tert-OH is 2. The van der Waals surface area contributed by atoms with Gasteiger partial charge in [-0.15, -0.1) is 11.3 Å². The van der Waals surface area contributed by atoms with E-state index in [1.54, 1.807) is 18.3 Å². The van der Waals surface area contributed by atoms with Crippen LogP contribution in [0.1, 0.15) is 52.3 Å². The fourth-order valence-electron chi connectivity index (χ4n) is 6.39. The molecular weight excluding hydrogens is 490 g/mol. The Kier molecular flexibility index (Phi) is 8.98. The van der Waals surface area contributed by atoms with Crippen molar-refractivity contribution >= 4 is 17.3 Å². The quantitative estimate of drug-likeness (QED) is 0.345. The SMILES string of the molecule is CO[C@H]1C[C@H]2C=C[C@@H]3C[C@]2(O[C@H]3[C@@H](NCc2cccs2)C(C)[C@H](C)O)/C(C)=C/[C@@H](C)[C@@H]([C@@H](C)O)OC1=O. The molecule has 3 heterocycles. The average Bonchev–Trinajstić information content (AvgIpc) is 3.48. The van der Waals surface area contributed by atoms with Gasteiger partial charge in [-0.25, -0.2) is 4.79 Å². The predicted octanol–water partition coefficient (Wildman–Crippen LogP) is 3.85. The Morgan fingerprint density at radius 1 is 1.24 bits per heavy atom. The number of hydrogen-bond acceptors (Lipinski definition) is 8. The molecule has 206 valence electrons. The Morgan fingerprint density at radius 3 is 2.62 bits per heavy atom. The molecule has 1 aromatic heterocycles. The van der Waals surface area contributed by atoms with Crippen molar-refractivity contribution in [2.75, 3.05) is 7.11 Å². The van der Waals surface area contributed by atoms with Gasteiger partial charge in [-0.2, -0.15) is 0 Å². The number of esters is 1. The maximum atomic E-state index is 13.0. The zero-order valence-corrected chi connectivity index (χ0v) is 23.6. The van der Waals surface area contributed by atoms with Crippen LogP contribution in [0.4, 0.5) is 0 Å². The molecule has 3 aliphatic rings. The molecule has 0 radical (unpaired) electrons. The van der Waals surface area contributed by atoms with Gasteiger partial charge >= 0.3 is 5.97 Å². The first kappa shape index (κ1) is 28.5. The number of carbonyl (C=O) groups is 1. The van der Waals surface area contributed by atoms with Gasteiger partial charge in [0, 0.05) is 42.3 Å². The van der Waals surface area contributed by atoms with Gasteiger partial charge in [0.1, 0.15) is 6.10 Å². The highest BCUT2D eigenvalue weighted by Gasteiger charge is 2.56. The van der Waals surface area contributed by atoms with E-state index in [1.807, 2.05) is 19.9 Å². The normalized spacial score (nSPS) is 38.6. The van der Waals surface area contributed by atoms with Crippen LogP contribution in [0.3, 0.4) is 0 Å². The van der Waals surface area contributed by atoms with Crippen molar-refractivity contribution in [2.24, 2.45) is 23.7 Å². The van der Waals surface area contributed by atoms with E-state index in [-0.39, 0.29) is 35.8 Å². The molecule has 1 aliphatic carbocycles. The van der Waals surface area contributed by atoms with Crippen LogP contribution in [0.5, 0.6) is 0 Å². The minimum atomic E-state index is -0.817. The maximum absolute atomic E-state index is 13.0. The average molecular weight is 534 g/mol. The van der Waals surface area contributed by atoms with Gasteiger partial charge < -0.3 is 29.7 Å². The lowest BCUT2D eigenvalue weighted by Crippen LogP contribution is -2.50. The second-order valence-electron chi connectivity index (χ2n) is 11.2. The molecular formula is C29H43NO6S. The van der Waals surface area contributed by atoms with Crippen LogP contribution in [0.2, 0.25) is 0 Å². The third-order valence-corrected chi connectivity index (χ3v) is 9.59. The molecule has 7 nitrogen and oxygen atoms in total. The number of methoxy groups -OCH3 is 1. The van der Waals surface area contributed by atoms with Crippen molar-refractivity contribution in [3.63, 3.8) is 0 Å². The molecule has 8 heteroatoms. The molecule has 37 heavy (non-hydrogen) atoms. The van der Waals surface area contributed by atoms with Crippen LogP contribution in [-0.2, 0) is 25.5 Å². The minimum Gasteiger partial charge on any atom is -0.457 e. The van der Waals surface area contributed by atoms with E-state index in [4.69, 9.17) is 14.2 Å². The summed E-state index contributed by atoms with van der Waals surface area (Å²) in [6.07, 6.45) is 4.86. The summed E-state index contributed by atoms with van der Waals surface area (Å²) in [6.45, 7) is 10.3. The lowest BCUT2D eigenvalue weighted by atomic mass is 9.69. The van der Waals surface area contributed by atoms with Crippen LogP contribution >= 0.6 is 11.3 Å². The van der Waals surface area contributed by atoms with Gasteiger partial charge in [-0.05, 0) is 56.6 Å². The molecule has 1 spiro atoms. The highest BCUT2D eigenvalue weighted by molar-refractivity contribution is 7.09. The molecule has 1 unspecified atom stereocenters. The first-order valence-corrected chi connectivity index (χ1v) is 14.4. The number of thiophene rings is 1. The van der Waals surface area contributed by atoms with E-state index in [0.29, 0.717) is 13.0 Å². The molecule has 2 bridgehead atoms. The number of cyclic esters (lactones) is 1. The standard InChI is InChI=1S/C29H43NO6S/c1-16-12-17(2)29-14-21(9-10-22(29)13-24(34-6)28(33)35-26(16)20(5)32)27(36-29)25(18(3)19(4)31)30-15-23-8-7-11-37-23/h7-12,16,18-22,24-27,30-32H,13-15H2,1-6H3/b17-12+/t16-,18?,19+,20-,21-,22-,24+,25+,26+,27-,29+/m1/s1. The molecule has 2 aliphatic heterocycles.